The molecule has 2 saturated carbocycles. The van der Waals surface area contributed by atoms with Crippen molar-refractivity contribution in [1.29, 1.82) is 0 Å². The van der Waals surface area contributed by atoms with E-state index in [2.05, 4.69) is 10.9 Å². The van der Waals surface area contributed by atoms with Gasteiger partial charge >= 0.3 is 0 Å². The van der Waals surface area contributed by atoms with Crippen molar-refractivity contribution in [2.75, 3.05) is 6.61 Å². The summed E-state index contributed by atoms with van der Waals surface area (Å²) in [6.45, 7) is 0.249. The molecule has 2 aliphatic rings. The van der Waals surface area contributed by atoms with Crippen LogP contribution in [0.3, 0.4) is 0 Å². The second-order valence-electron chi connectivity index (χ2n) is 8.47. The van der Waals surface area contributed by atoms with Gasteiger partial charge < -0.3 is 9.47 Å². The average molecular weight is 437 g/mol. The fourth-order valence-corrected chi connectivity index (χ4v) is 4.49. The van der Waals surface area contributed by atoms with Gasteiger partial charge in [-0.25, -0.2) is 0 Å². The van der Waals surface area contributed by atoms with Crippen molar-refractivity contribution in [3.8, 4) is 11.5 Å². The van der Waals surface area contributed by atoms with Gasteiger partial charge in [0, 0.05) is 17.8 Å². The molecule has 2 N–H and O–H groups in total. The van der Waals surface area contributed by atoms with E-state index in [0.29, 0.717) is 36.7 Å². The van der Waals surface area contributed by atoms with Crippen LogP contribution >= 0.6 is 0 Å². The predicted molar refractivity (Wildman–Crippen MR) is 118 cm³/mol. The highest BCUT2D eigenvalue weighted by molar-refractivity contribution is 5.89. The van der Waals surface area contributed by atoms with Gasteiger partial charge in [-0.15, -0.1) is 0 Å². The van der Waals surface area contributed by atoms with E-state index in [1.54, 1.807) is 24.3 Å². The lowest BCUT2D eigenvalue weighted by atomic mass is 9.67. The number of nitrogens with one attached hydrogen (secondary N) is 2. The minimum Gasteiger partial charge on any atom is -0.489 e. The molecule has 4 rings (SSSR count). The normalized spacial score (nSPS) is 22.0. The molecule has 7 nitrogen and oxygen atoms in total. The van der Waals surface area contributed by atoms with Crippen molar-refractivity contribution in [3.05, 3.63) is 60.2 Å². The second kappa shape index (κ2) is 10.3. The number of fused-ring (bicyclic) bond motifs is 2. The number of ketones is 1. The standard InChI is InChI=1S/C25H28N2O5/c28-23(26-27-25(30)20-13-18-7-4-8-19(14-20)24(18)29)16-32-22-11-9-21(10-12-22)31-15-17-5-2-1-3-6-17/h1-3,5-6,9-12,18-20H,4,7-8,13-16H2,(H,26,28)(H,27,30). The third-order valence-electron chi connectivity index (χ3n) is 6.19. The lowest BCUT2D eigenvalue weighted by molar-refractivity contribution is -0.139. The van der Waals surface area contributed by atoms with E-state index in [-0.39, 0.29) is 30.3 Å². The summed E-state index contributed by atoms with van der Waals surface area (Å²) in [4.78, 5) is 36.6. The van der Waals surface area contributed by atoms with Crippen molar-refractivity contribution >= 4 is 17.6 Å². The number of benzene rings is 2. The van der Waals surface area contributed by atoms with Gasteiger partial charge in [-0.1, -0.05) is 36.8 Å². The van der Waals surface area contributed by atoms with Gasteiger partial charge in [-0.3, -0.25) is 25.2 Å². The molecule has 2 bridgehead atoms. The fraction of sp³-hybridized carbons (Fsp3) is 0.400. The maximum atomic E-state index is 12.4. The van der Waals surface area contributed by atoms with Gasteiger partial charge in [-0.05, 0) is 55.5 Å². The van der Waals surface area contributed by atoms with Gasteiger partial charge in [0.2, 0.25) is 5.91 Å². The molecule has 2 unspecified atom stereocenters. The molecule has 0 aliphatic heterocycles. The van der Waals surface area contributed by atoms with Crippen molar-refractivity contribution in [2.24, 2.45) is 17.8 Å². The molecule has 7 heteroatoms. The van der Waals surface area contributed by atoms with E-state index >= 15 is 0 Å². The number of amides is 2. The van der Waals surface area contributed by atoms with Crippen LogP contribution in [0.1, 0.15) is 37.7 Å². The molecule has 2 fully saturated rings. The quantitative estimate of drug-likeness (QED) is 0.650. The number of ether oxygens (including phenoxy) is 2. The lowest BCUT2D eigenvalue weighted by Gasteiger charge is -2.36. The Hall–Kier alpha value is -3.35. The zero-order valence-corrected chi connectivity index (χ0v) is 17.9. The monoisotopic (exact) mass is 436 g/mol. The first kappa shape index (κ1) is 21.9. The third kappa shape index (κ3) is 5.66. The Kier molecular flexibility index (Phi) is 7.04. The Morgan fingerprint density at radius 2 is 1.47 bits per heavy atom. The molecule has 2 atom stereocenters. The Balaban J connectivity index is 1.16. The number of hydrogen-bond acceptors (Lipinski definition) is 5. The third-order valence-corrected chi connectivity index (χ3v) is 6.19. The summed E-state index contributed by atoms with van der Waals surface area (Å²) < 4.78 is 11.2. The van der Waals surface area contributed by atoms with Crippen molar-refractivity contribution in [1.82, 2.24) is 10.9 Å². The number of rotatable bonds is 7. The molecule has 0 saturated heterocycles. The second-order valence-corrected chi connectivity index (χ2v) is 8.47. The van der Waals surface area contributed by atoms with Crippen LogP contribution < -0.4 is 20.3 Å². The molecule has 2 amide bonds. The van der Waals surface area contributed by atoms with E-state index in [1.165, 1.54) is 0 Å². The number of hydrogen-bond donors (Lipinski definition) is 2. The van der Waals surface area contributed by atoms with E-state index in [0.717, 1.165) is 24.8 Å². The minimum atomic E-state index is -0.449. The smallest absolute Gasteiger partial charge is 0.276 e. The molecule has 32 heavy (non-hydrogen) atoms. The largest absolute Gasteiger partial charge is 0.489 e. The van der Waals surface area contributed by atoms with Gasteiger partial charge in [0.05, 0.1) is 0 Å². The van der Waals surface area contributed by atoms with Crippen molar-refractivity contribution < 1.29 is 23.9 Å². The fourth-order valence-electron chi connectivity index (χ4n) is 4.49. The van der Waals surface area contributed by atoms with Gasteiger partial charge in [0.15, 0.2) is 6.61 Å². The van der Waals surface area contributed by atoms with E-state index in [9.17, 15) is 14.4 Å². The summed E-state index contributed by atoms with van der Waals surface area (Å²) >= 11 is 0. The first-order chi connectivity index (χ1) is 15.6. The van der Waals surface area contributed by atoms with Gasteiger partial charge in [0.1, 0.15) is 23.9 Å². The van der Waals surface area contributed by atoms with Crippen LogP contribution in [0.2, 0.25) is 0 Å². The van der Waals surface area contributed by atoms with Crippen LogP contribution in [0.15, 0.2) is 54.6 Å². The van der Waals surface area contributed by atoms with Crippen molar-refractivity contribution in [2.45, 2.75) is 38.7 Å². The maximum Gasteiger partial charge on any atom is 0.276 e. The van der Waals surface area contributed by atoms with E-state index in [4.69, 9.17) is 9.47 Å². The topological polar surface area (TPSA) is 93.7 Å². The highest BCUT2D eigenvalue weighted by Gasteiger charge is 2.41. The van der Waals surface area contributed by atoms with E-state index in [1.807, 2.05) is 30.3 Å². The average Bonchev–Trinajstić information content (AvgIpc) is 2.81. The Labute approximate surface area is 187 Å². The Bertz CT molecular complexity index is 929. The number of hydrazine groups is 1. The van der Waals surface area contributed by atoms with Crippen LogP contribution in [-0.4, -0.2) is 24.2 Å². The van der Waals surface area contributed by atoms with Crippen LogP contribution in [0, 0.1) is 17.8 Å². The van der Waals surface area contributed by atoms with Gasteiger partial charge in [-0.2, -0.15) is 0 Å². The highest BCUT2D eigenvalue weighted by Crippen LogP contribution is 2.40. The summed E-state index contributed by atoms with van der Waals surface area (Å²) in [7, 11) is 0. The Morgan fingerprint density at radius 3 is 2.12 bits per heavy atom. The SMILES string of the molecule is O=C(COc1ccc(OCc2ccccc2)cc1)NNC(=O)C1CC2CCCC(C1)C2=O. The summed E-state index contributed by atoms with van der Waals surface area (Å²) in [5.74, 6) is 0.624. The molecular weight excluding hydrogens is 408 g/mol. The number of carbonyl (C=O) groups excluding carboxylic acids is 3. The van der Waals surface area contributed by atoms with Crippen LogP contribution in [0.5, 0.6) is 11.5 Å². The molecule has 0 aromatic heterocycles. The first-order valence-corrected chi connectivity index (χ1v) is 11.1. The zero-order valence-electron chi connectivity index (χ0n) is 17.9. The van der Waals surface area contributed by atoms with Crippen molar-refractivity contribution in [3.63, 3.8) is 0 Å². The molecule has 0 heterocycles. The predicted octanol–water partition coefficient (Wildman–Crippen LogP) is 3.19. The van der Waals surface area contributed by atoms with Crippen LogP contribution in [0.4, 0.5) is 0 Å². The summed E-state index contributed by atoms with van der Waals surface area (Å²) in [6.07, 6.45) is 3.95. The maximum absolute atomic E-state index is 12.4. The number of Topliss-reactive ketones (excluding diaryl/α,β-unsaturated/α-hetero) is 1. The molecule has 2 aliphatic carbocycles. The Morgan fingerprint density at radius 1 is 0.844 bits per heavy atom. The number of carbonyl (C=O) groups is 3. The molecule has 0 spiro atoms. The highest BCUT2D eigenvalue weighted by atomic mass is 16.5. The first-order valence-electron chi connectivity index (χ1n) is 11.1. The molecule has 168 valence electrons. The van der Waals surface area contributed by atoms with Gasteiger partial charge in [0.25, 0.3) is 5.91 Å². The summed E-state index contributed by atoms with van der Waals surface area (Å²) in [6, 6.07) is 16.9. The molecular formula is C25H28N2O5. The zero-order chi connectivity index (χ0) is 22.3. The van der Waals surface area contributed by atoms with Crippen LogP contribution in [0.25, 0.3) is 0 Å². The molecule has 2 aromatic rings. The lowest BCUT2D eigenvalue weighted by Crippen LogP contribution is -2.49. The molecule has 2 aromatic carbocycles. The molecule has 0 radical (unpaired) electrons. The van der Waals surface area contributed by atoms with E-state index < -0.39 is 5.91 Å². The van der Waals surface area contributed by atoms with Crippen LogP contribution in [-0.2, 0) is 21.0 Å². The minimum absolute atomic E-state index is 0.00284. The summed E-state index contributed by atoms with van der Waals surface area (Å²) in [5.41, 5.74) is 5.97. The summed E-state index contributed by atoms with van der Waals surface area (Å²) in [5, 5.41) is 0.